The lowest BCUT2D eigenvalue weighted by atomic mass is 10.2. The quantitative estimate of drug-likeness (QED) is 0.698. The molecule has 1 rings (SSSR count). The first-order chi connectivity index (χ1) is 8.58. The second kappa shape index (κ2) is 8.39. The van der Waals surface area contributed by atoms with Crippen LogP contribution in [0.5, 0.6) is 5.19 Å². The summed E-state index contributed by atoms with van der Waals surface area (Å²) in [6, 6.07) is 0. The van der Waals surface area contributed by atoms with Gasteiger partial charge >= 0.3 is 0 Å². The van der Waals surface area contributed by atoms with E-state index in [-0.39, 0.29) is 6.10 Å². The first-order valence-corrected chi connectivity index (χ1v) is 7.17. The summed E-state index contributed by atoms with van der Waals surface area (Å²) in [6.45, 7) is 11.2. The van der Waals surface area contributed by atoms with Gasteiger partial charge in [-0.2, -0.15) is 0 Å². The molecule has 0 saturated heterocycles. The molecule has 6 heteroatoms. The fourth-order valence-electron chi connectivity index (χ4n) is 1.25. The molecule has 0 atom stereocenters. The SMILES string of the molecule is CC(C)CNCc1nnc(OCCOC(C)C)s1. The fourth-order valence-corrected chi connectivity index (χ4v) is 1.93. The predicted octanol–water partition coefficient (Wildman–Crippen LogP) is 2.09. The van der Waals surface area contributed by atoms with Crippen LogP contribution in [0.4, 0.5) is 0 Å². The van der Waals surface area contributed by atoms with Gasteiger partial charge in [0.1, 0.15) is 11.6 Å². The maximum Gasteiger partial charge on any atom is 0.294 e. The number of nitrogens with one attached hydrogen (secondary N) is 1. The Morgan fingerprint density at radius 3 is 2.61 bits per heavy atom. The van der Waals surface area contributed by atoms with Crippen LogP contribution in [0.15, 0.2) is 0 Å². The molecular formula is C12H23N3O2S. The highest BCUT2D eigenvalue weighted by Crippen LogP contribution is 2.17. The summed E-state index contributed by atoms with van der Waals surface area (Å²) in [5.41, 5.74) is 0. The second-order valence-corrected chi connectivity index (χ2v) is 5.78. The normalized spacial score (nSPS) is 11.4. The van der Waals surface area contributed by atoms with Crippen LogP contribution in [0, 0.1) is 5.92 Å². The number of ether oxygens (including phenoxy) is 2. The predicted molar refractivity (Wildman–Crippen MR) is 73.0 cm³/mol. The summed E-state index contributed by atoms with van der Waals surface area (Å²) < 4.78 is 10.8. The van der Waals surface area contributed by atoms with Gasteiger partial charge in [0, 0.05) is 6.54 Å². The Morgan fingerprint density at radius 1 is 1.17 bits per heavy atom. The maximum absolute atomic E-state index is 5.46. The Hall–Kier alpha value is -0.720. The Morgan fingerprint density at radius 2 is 1.94 bits per heavy atom. The Balaban J connectivity index is 2.17. The van der Waals surface area contributed by atoms with Gasteiger partial charge in [-0.15, -0.1) is 10.2 Å². The van der Waals surface area contributed by atoms with Gasteiger partial charge in [-0.1, -0.05) is 25.2 Å². The van der Waals surface area contributed by atoms with E-state index < -0.39 is 0 Å². The number of nitrogens with zero attached hydrogens (tertiary/aromatic N) is 2. The zero-order chi connectivity index (χ0) is 13.4. The molecule has 1 aromatic rings. The van der Waals surface area contributed by atoms with Gasteiger partial charge < -0.3 is 14.8 Å². The van der Waals surface area contributed by atoms with E-state index in [9.17, 15) is 0 Å². The molecule has 1 aromatic heterocycles. The molecule has 0 aromatic carbocycles. The average Bonchev–Trinajstić information content (AvgIpc) is 2.72. The highest BCUT2D eigenvalue weighted by Gasteiger charge is 2.05. The monoisotopic (exact) mass is 273 g/mol. The van der Waals surface area contributed by atoms with Crippen molar-refractivity contribution in [3.8, 4) is 5.19 Å². The highest BCUT2D eigenvalue weighted by molar-refractivity contribution is 7.13. The fraction of sp³-hybridized carbons (Fsp3) is 0.833. The third-order valence-electron chi connectivity index (χ3n) is 2.04. The zero-order valence-corrected chi connectivity index (χ0v) is 12.4. The molecule has 0 spiro atoms. The summed E-state index contributed by atoms with van der Waals surface area (Å²) in [5.74, 6) is 0.641. The van der Waals surface area contributed by atoms with E-state index in [1.165, 1.54) is 11.3 Å². The third kappa shape index (κ3) is 6.88. The zero-order valence-electron chi connectivity index (χ0n) is 11.6. The lowest BCUT2D eigenvalue weighted by Gasteiger charge is -2.06. The Bertz CT molecular complexity index is 329. The Kier molecular flexibility index (Phi) is 7.15. The lowest BCUT2D eigenvalue weighted by Crippen LogP contribution is -2.18. The van der Waals surface area contributed by atoms with Gasteiger partial charge in [0.25, 0.3) is 5.19 Å². The van der Waals surface area contributed by atoms with Crippen LogP contribution in [0.1, 0.15) is 32.7 Å². The lowest BCUT2D eigenvalue weighted by molar-refractivity contribution is 0.0550. The molecule has 1 N–H and O–H groups in total. The average molecular weight is 273 g/mol. The minimum absolute atomic E-state index is 0.235. The first-order valence-electron chi connectivity index (χ1n) is 6.35. The van der Waals surface area contributed by atoms with E-state index >= 15 is 0 Å². The van der Waals surface area contributed by atoms with Crippen LogP contribution in [-0.4, -0.2) is 36.1 Å². The van der Waals surface area contributed by atoms with Crippen molar-refractivity contribution in [3.05, 3.63) is 5.01 Å². The van der Waals surface area contributed by atoms with E-state index in [4.69, 9.17) is 9.47 Å². The van der Waals surface area contributed by atoms with E-state index in [2.05, 4.69) is 29.4 Å². The molecule has 104 valence electrons. The van der Waals surface area contributed by atoms with Crippen molar-refractivity contribution in [2.24, 2.45) is 5.92 Å². The molecule has 0 aliphatic rings. The Labute approximate surface area is 113 Å². The van der Waals surface area contributed by atoms with Gasteiger partial charge in [0.05, 0.1) is 12.7 Å². The molecule has 1 heterocycles. The van der Waals surface area contributed by atoms with Crippen molar-refractivity contribution in [1.29, 1.82) is 0 Å². The van der Waals surface area contributed by atoms with Crippen molar-refractivity contribution in [1.82, 2.24) is 15.5 Å². The molecule has 0 fully saturated rings. The minimum Gasteiger partial charge on any atom is -0.466 e. The van der Waals surface area contributed by atoms with Crippen molar-refractivity contribution in [2.45, 2.75) is 40.3 Å². The molecule has 0 radical (unpaired) electrons. The van der Waals surface area contributed by atoms with Crippen molar-refractivity contribution >= 4 is 11.3 Å². The van der Waals surface area contributed by atoms with Gasteiger partial charge in [-0.05, 0) is 26.3 Å². The topological polar surface area (TPSA) is 56.3 Å². The van der Waals surface area contributed by atoms with Crippen molar-refractivity contribution in [3.63, 3.8) is 0 Å². The number of hydrogen-bond acceptors (Lipinski definition) is 6. The molecule has 0 amide bonds. The summed E-state index contributed by atoms with van der Waals surface area (Å²) in [6.07, 6.45) is 0.235. The summed E-state index contributed by atoms with van der Waals surface area (Å²) in [4.78, 5) is 0. The van der Waals surface area contributed by atoms with Crippen LogP contribution < -0.4 is 10.1 Å². The number of aromatic nitrogens is 2. The van der Waals surface area contributed by atoms with Crippen molar-refractivity contribution < 1.29 is 9.47 Å². The first kappa shape index (κ1) is 15.3. The number of rotatable bonds is 9. The van der Waals surface area contributed by atoms with Crippen LogP contribution in [0.2, 0.25) is 0 Å². The van der Waals surface area contributed by atoms with E-state index in [1.807, 2.05) is 13.8 Å². The summed E-state index contributed by atoms with van der Waals surface area (Å²) in [5, 5.41) is 12.9. The number of hydrogen-bond donors (Lipinski definition) is 1. The smallest absolute Gasteiger partial charge is 0.294 e. The highest BCUT2D eigenvalue weighted by atomic mass is 32.1. The third-order valence-corrected chi connectivity index (χ3v) is 2.87. The molecule has 0 saturated carbocycles. The second-order valence-electron chi connectivity index (χ2n) is 4.75. The maximum atomic E-state index is 5.46. The van der Waals surface area contributed by atoms with Gasteiger partial charge in [-0.25, -0.2) is 0 Å². The molecule has 0 bridgehead atoms. The molecular weight excluding hydrogens is 250 g/mol. The van der Waals surface area contributed by atoms with Gasteiger partial charge in [-0.3, -0.25) is 0 Å². The van der Waals surface area contributed by atoms with Crippen LogP contribution >= 0.6 is 11.3 Å². The molecule has 18 heavy (non-hydrogen) atoms. The standard InChI is InChI=1S/C12H23N3O2S/c1-9(2)7-13-8-11-14-15-12(18-11)17-6-5-16-10(3)4/h9-10,13H,5-8H2,1-4H3. The summed E-state index contributed by atoms with van der Waals surface area (Å²) in [7, 11) is 0. The van der Waals surface area contributed by atoms with Gasteiger partial charge in [0.2, 0.25) is 0 Å². The molecule has 5 nitrogen and oxygen atoms in total. The van der Waals surface area contributed by atoms with Gasteiger partial charge in [0.15, 0.2) is 0 Å². The van der Waals surface area contributed by atoms with E-state index in [0.717, 1.165) is 18.1 Å². The van der Waals surface area contributed by atoms with E-state index in [0.29, 0.717) is 24.3 Å². The largest absolute Gasteiger partial charge is 0.466 e. The van der Waals surface area contributed by atoms with Crippen LogP contribution in [0.3, 0.4) is 0 Å². The van der Waals surface area contributed by atoms with E-state index in [1.54, 1.807) is 0 Å². The summed E-state index contributed by atoms with van der Waals surface area (Å²) >= 11 is 1.48. The molecule has 0 aliphatic carbocycles. The van der Waals surface area contributed by atoms with Crippen molar-refractivity contribution in [2.75, 3.05) is 19.8 Å². The minimum atomic E-state index is 0.235. The molecule has 0 unspecified atom stereocenters. The van der Waals surface area contributed by atoms with Crippen LogP contribution in [0.25, 0.3) is 0 Å². The molecule has 0 aliphatic heterocycles. The van der Waals surface area contributed by atoms with Crippen LogP contribution in [-0.2, 0) is 11.3 Å².